The lowest BCUT2D eigenvalue weighted by Crippen LogP contribution is -2.48. The minimum absolute atomic E-state index is 0.0225. The molecule has 2 amide bonds. The summed E-state index contributed by atoms with van der Waals surface area (Å²) in [6, 6.07) is 17.1. The molecule has 0 saturated carbocycles. The van der Waals surface area contributed by atoms with Crippen molar-refractivity contribution in [2.75, 3.05) is 26.7 Å². The fourth-order valence-electron chi connectivity index (χ4n) is 3.12. The highest BCUT2D eigenvalue weighted by atomic mass is 16.2. The van der Waals surface area contributed by atoms with E-state index in [1.54, 1.807) is 19.2 Å². The zero-order valence-corrected chi connectivity index (χ0v) is 14.8. The first-order chi connectivity index (χ1) is 12.7. The smallest absolute Gasteiger partial charge is 0.251 e. The summed E-state index contributed by atoms with van der Waals surface area (Å²) < 4.78 is 0. The summed E-state index contributed by atoms with van der Waals surface area (Å²) in [6.07, 6.45) is 3.46. The van der Waals surface area contributed by atoms with Crippen molar-refractivity contribution in [3.63, 3.8) is 0 Å². The summed E-state index contributed by atoms with van der Waals surface area (Å²) in [7, 11) is 1.61. The predicted molar refractivity (Wildman–Crippen MR) is 103 cm³/mol. The first kappa shape index (κ1) is 17.9. The molecular weight excluding hydrogens is 326 g/mol. The number of hydrogen-bond acceptors (Lipinski definition) is 3. The average molecular weight is 349 g/mol. The van der Waals surface area contributed by atoms with Crippen LogP contribution in [0.1, 0.15) is 27.5 Å². The van der Waals surface area contributed by atoms with Gasteiger partial charge in [-0.25, -0.2) is 0 Å². The summed E-state index contributed by atoms with van der Waals surface area (Å²) in [5, 5.41) is 5.97. The molecule has 2 aromatic rings. The van der Waals surface area contributed by atoms with Crippen LogP contribution in [0, 0.1) is 0 Å². The normalized spacial score (nSPS) is 17.3. The Morgan fingerprint density at radius 1 is 1.15 bits per heavy atom. The van der Waals surface area contributed by atoms with Gasteiger partial charge in [0.15, 0.2) is 0 Å². The van der Waals surface area contributed by atoms with Gasteiger partial charge in [0.2, 0.25) is 5.91 Å². The fourth-order valence-corrected chi connectivity index (χ4v) is 3.12. The molecule has 0 spiro atoms. The molecule has 5 nitrogen and oxygen atoms in total. The van der Waals surface area contributed by atoms with Crippen LogP contribution in [0.4, 0.5) is 0 Å². The van der Waals surface area contributed by atoms with Crippen molar-refractivity contribution in [2.24, 2.45) is 0 Å². The molecule has 3 rings (SSSR count). The molecule has 1 fully saturated rings. The number of carbonyl (C=O) groups is 2. The molecule has 1 heterocycles. The Kier molecular flexibility index (Phi) is 5.81. The number of piperazine rings is 1. The molecular formula is C21H23N3O2. The Morgan fingerprint density at radius 2 is 1.96 bits per heavy atom. The van der Waals surface area contributed by atoms with Gasteiger partial charge in [0, 0.05) is 38.3 Å². The molecule has 2 aromatic carbocycles. The van der Waals surface area contributed by atoms with Gasteiger partial charge < -0.3 is 15.5 Å². The first-order valence-electron chi connectivity index (χ1n) is 8.75. The SMILES string of the molecule is CNC(=O)c1cccc(C2CNCCN2C(=O)/C=C/c2ccccc2)c1. The molecule has 1 aliphatic rings. The molecule has 0 bridgehead atoms. The van der Waals surface area contributed by atoms with E-state index in [4.69, 9.17) is 0 Å². The van der Waals surface area contributed by atoms with Gasteiger partial charge in [0.05, 0.1) is 6.04 Å². The third-order valence-electron chi connectivity index (χ3n) is 4.51. The van der Waals surface area contributed by atoms with Gasteiger partial charge in [0.1, 0.15) is 0 Å². The highest BCUT2D eigenvalue weighted by Gasteiger charge is 2.27. The van der Waals surface area contributed by atoms with Crippen LogP contribution in [-0.2, 0) is 4.79 Å². The lowest BCUT2D eigenvalue weighted by Gasteiger charge is -2.36. The standard InChI is InChI=1S/C21H23N3O2/c1-22-21(26)18-9-5-8-17(14-18)19-15-23-12-13-24(19)20(25)11-10-16-6-3-2-4-7-16/h2-11,14,19,23H,12-13,15H2,1H3,(H,22,26)/b11-10+. The number of benzene rings is 2. The maximum Gasteiger partial charge on any atom is 0.251 e. The molecule has 1 aliphatic heterocycles. The zero-order chi connectivity index (χ0) is 18.4. The lowest BCUT2D eigenvalue weighted by atomic mass is 10.00. The van der Waals surface area contributed by atoms with Crippen molar-refractivity contribution >= 4 is 17.9 Å². The van der Waals surface area contributed by atoms with E-state index >= 15 is 0 Å². The third kappa shape index (κ3) is 4.18. The van der Waals surface area contributed by atoms with E-state index < -0.39 is 0 Å². The summed E-state index contributed by atoms with van der Waals surface area (Å²) in [5.74, 6) is -0.150. The maximum absolute atomic E-state index is 12.8. The zero-order valence-electron chi connectivity index (χ0n) is 14.8. The second-order valence-electron chi connectivity index (χ2n) is 6.20. The van der Waals surface area contributed by atoms with Gasteiger partial charge in [-0.05, 0) is 29.3 Å². The Balaban J connectivity index is 1.80. The van der Waals surface area contributed by atoms with E-state index in [2.05, 4.69) is 10.6 Å². The minimum atomic E-state index is -0.127. The van der Waals surface area contributed by atoms with Crippen LogP contribution < -0.4 is 10.6 Å². The van der Waals surface area contributed by atoms with E-state index in [0.29, 0.717) is 18.7 Å². The summed E-state index contributed by atoms with van der Waals surface area (Å²) in [5.41, 5.74) is 2.55. The minimum Gasteiger partial charge on any atom is -0.355 e. The van der Waals surface area contributed by atoms with Crippen LogP contribution >= 0.6 is 0 Å². The van der Waals surface area contributed by atoms with Crippen LogP contribution in [0.5, 0.6) is 0 Å². The Labute approximate surface area is 153 Å². The van der Waals surface area contributed by atoms with E-state index in [-0.39, 0.29) is 17.9 Å². The highest BCUT2D eigenvalue weighted by Crippen LogP contribution is 2.23. The number of nitrogens with one attached hydrogen (secondary N) is 2. The van der Waals surface area contributed by atoms with Crippen molar-refractivity contribution in [3.05, 3.63) is 77.4 Å². The molecule has 5 heteroatoms. The Morgan fingerprint density at radius 3 is 2.73 bits per heavy atom. The summed E-state index contributed by atoms with van der Waals surface area (Å²) >= 11 is 0. The molecule has 0 aliphatic carbocycles. The third-order valence-corrected chi connectivity index (χ3v) is 4.51. The predicted octanol–water partition coefficient (Wildman–Crippen LogP) is 2.23. The number of hydrogen-bond donors (Lipinski definition) is 2. The summed E-state index contributed by atoms with van der Waals surface area (Å²) in [6.45, 7) is 2.06. The van der Waals surface area contributed by atoms with Crippen LogP contribution in [0.2, 0.25) is 0 Å². The van der Waals surface area contributed by atoms with Crippen molar-refractivity contribution in [2.45, 2.75) is 6.04 Å². The maximum atomic E-state index is 12.8. The molecule has 1 unspecified atom stereocenters. The molecule has 1 saturated heterocycles. The lowest BCUT2D eigenvalue weighted by molar-refractivity contribution is -0.129. The van der Waals surface area contributed by atoms with Gasteiger partial charge in [-0.15, -0.1) is 0 Å². The number of amides is 2. The Bertz CT molecular complexity index is 802. The van der Waals surface area contributed by atoms with Crippen LogP contribution in [0.3, 0.4) is 0 Å². The monoisotopic (exact) mass is 349 g/mol. The Hall–Kier alpha value is -2.92. The van der Waals surface area contributed by atoms with Crippen LogP contribution in [-0.4, -0.2) is 43.4 Å². The van der Waals surface area contributed by atoms with E-state index in [1.807, 2.05) is 59.5 Å². The van der Waals surface area contributed by atoms with E-state index in [1.165, 1.54) is 0 Å². The van der Waals surface area contributed by atoms with Crippen LogP contribution in [0.25, 0.3) is 6.08 Å². The highest BCUT2D eigenvalue weighted by molar-refractivity contribution is 5.94. The molecule has 0 aromatic heterocycles. The quantitative estimate of drug-likeness (QED) is 0.832. The number of carbonyl (C=O) groups excluding carboxylic acids is 2. The molecule has 26 heavy (non-hydrogen) atoms. The van der Waals surface area contributed by atoms with E-state index in [9.17, 15) is 9.59 Å². The van der Waals surface area contributed by atoms with Gasteiger partial charge in [0.25, 0.3) is 5.91 Å². The molecule has 2 N–H and O–H groups in total. The van der Waals surface area contributed by atoms with Crippen molar-refractivity contribution < 1.29 is 9.59 Å². The van der Waals surface area contributed by atoms with Crippen molar-refractivity contribution in [3.8, 4) is 0 Å². The summed E-state index contributed by atoms with van der Waals surface area (Å²) in [4.78, 5) is 26.5. The fraction of sp³-hybridized carbons (Fsp3) is 0.238. The van der Waals surface area contributed by atoms with Crippen molar-refractivity contribution in [1.29, 1.82) is 0 Å². The largest absolute Gasteiger partial charge is 0.355 e. The molecule has 134 valence electrons. The van der Waals surface area contributed by atoms with Crippen LogP contribution in [0.15, 0.2) is 60.7 Å². The first-order valence-corrected chi connectivity index (χ1v) is 8.75. The average Bonchev–Trinajstić information content (AvgIpc) is 2.72. The van der Waals surface area contributed by atoms with Gasteiger partial charge in [-0.2, -0.15) is 0 Å². The van der Waals surface area contributed by atoms with Gasteiger partial charge in [-0.1, -0.05) is 42.5 Å². The molecule has 0 radical (unpaired) electrons. The second-order valence-corrected chi connectivity index (χ2v) is 6.20. The van der Waals surface area contributed by atoms with Crippen molar-refractivity contribution in [1.82, 2.24) is 15.5 Å². The molecule has 1 atom stereocenters. The van der Waals surface area contributed by atoms with E-state index in [0.717, 1.165) is 17.7 Å². The number of rotatable bonds is 4. The van der Waals surface area contributed by atoms with Gasteiger partial charge >= 0.3 is 0 Å². The second kappa shape index (κ2) is 8.45. The number of nitrogens with zero attached hydrogens (tertiary/aromatic N) is 1. The van der Waals surface area contributed by atoms with Gasteiger partial charge in [-0.3, -0.25) is 9.59 Å². The topological polar surface area (TPSA) is 61.4 Å².